The van der Waals surface area contributed by atoms with Crippen molar-refractivity contribution >= 4 is 11.8 Å². The molecule has 0 spiro atoms. The molecule has 2 rings (SSSR count). The number of imide groups is 1. The lowest BCUT2D eigenvalue weighted by Crippen LogP contribution is -2.32. The van der Waals surface area contributed by atoms with Crippen molar-refractivity contribution in [3.05, 3.63) is 29.6 Å². The zero-order chi connectivity index (χ0) is 11.7. The van der Waals surface area contributed by atoms with Crippen LogP contribution < -0.4 is 0 Å². The Labute approximate surface area is 93.3 Å². The van der Waals surface area contributed by atoms with Crippen molar-refractivity contribution in [3.8, 4) is 0 Å². The van der Waals surface area contributed by atoms with Crippen molar-refractivity contribution in [1.82, 2.24) is 14.7 Å². The van der Waals surface area contributed by atoms with Crippen LogP contribution >= 0.6 is 0 Å². The van der Waals surface area contributed by atoms with E-state index in [1.165, 1.54) is 11.0 Å². The Morgan fingerprint density at radius 3 is 2.62 bits per heavy atom. The molecular weight excluding hydrogens is 206 g/mol. The number of carbonyl (C=O) groups excluding carboxylic acids is 2. The summed E-state index contributed by atoms with van der Waals surface area (Å²) in [6, 6.07) is 1.88. The first-order valence-corrected chi connectivity index (χ1v) is 5.10. The molecule has 1 aromatic heterocycles. The van der Waals surface area contributed by atoms with E-state index in [4.69, 9.17) is 0 Å². The van der Waals surface area contributed by atoms with Gasteiger partial charge in [-0.3, -0.25) is 19.2 Å². The van der Waals surface area contributed by atoms with E-state index in [1.54, 1.807) is 11.6 Å². The van der Waals surface area contributed by atoms with Crippen molar-refractivity contribution < 1.29 is 9.59 Å². The Morgan fingerprint density at radius 1 is 1.38 bits per heavy atom. The maximum absolute atomic E-state index is 11.6. The summed E-state index contributed by atoms with van der Waals surface area (Å²) in [5.41, 5.74) is 1.39. The van der Waals surface area contributed by atoms with Crippen molar-refractivity contribution in [2.45, 2.75) is 13.3 Å². The SMILES string of the molecule is CC1=CC(=O)N(CCc2ccn(C)n2)C1=O. The van der Waals surface area contributed by atoms with Crippen LogP contribution in [0, 0.1) is 0 Å². The van der Waals surface area contributed by atoms with E-state index in [-0.39, 0.29) is 11.8 Å². The largest absolute Gasteiger partial charge is 0.276 e. The molecule has 0 fully saturated rings. The summed E-state index contributed by atoms with van der Waals surface area (Å²) in [5, 5.41) is 4.19. The van der Waals surface area contributed by atoms with Crippen molar-refractivity contribution in [2.24, 2.45) is 7.05 Å². The molecule has 2 amide bonds. The molecule has 1 aliphatic heterocycles. The van der Waals surface area contributed by atoms with Gasteiger partial charge in [-0.25, -0.2) is 0 Å². The molecule has 0 atom stereocenters. The molecule has 0 N–H and O–H groups in total. The van der Waals surface area contributed by atoms with E-state index in [2.05, 4.69) is 5.10 Å². The Kier molecular flexibility index (Phi) is 2.60. The third-order valence-corrected chi connectivity index (χ3v) is 2.55. The quantitative estimate of drug-likeness (QED) is 0.686. The first-order chi connectivity index (χ1) is 7.58. The average molecular weight is 219 g/mol. The minimum atomic E-state index is -0.224. The van der Waals surface area contributed by atoms with Crippen LogP contribution in [0.2, 0.25) is 0 Å². The molecule has 1 aliphatic rings. The summed E-state index contributed by atoms with van der Waals surface area (Å²) in [5.74, 6) is -0.417. The van der Waals surface area contributed by atoms with E-state index in [9.17, 15) is 9.59 Å². The summed E-state index contributed by atoms with van der Waals surface area (Å²) in [7, 11) is 1.83. The van der Waals surface area contributed by atoms with E-state index in [1.807, 2.05) is 19.3 Å². The highest BCUT2D eigenvalue weighted by Gasteiger charge is 2.27. The maximum atomic E-state index is 11.6. The monoisotopic (exact) mass is 219 g/mol. The molecule has 84 valence electrons. The minimum absolute atomic E-state index is 0.194. The fourth-order valence-electron chi connectivity index (χ4n) is 1.67. The van der Waals surface area contributed by atoms with Gasteiger partial charge in [0.25, 0.3) is 11.8 Å². The summed E-state index contributed by atoms with van der Waals surface area (Å²) < 4.78 is 1.70. The Hall–Kier alpha value is -1.91. The van der Waals surface area contributed by atoms with Gasteiger partial charge in [-0.05, 0) is 13.0 Å². The summed E-state index contributed by atoms with van der Waals surface area (Å²) in [4.78, 5) is 24.2. The van der Waals surface area contributed by atoms with E-state index >= 15 is 0 Å². The van der Waals surface area contributed by atoms with Crippen molar-refractivity contribution in [2.75, 3.05) is 6.54 Å². The highest BCUT2D eigenvalue weighted by Crippen LogP contribution is 2.12. The Bertz CT molecular complexity index is 473. The maximum Gasteiger partial charge on any atom is 0.256 e. The lowest BCUT2D eigenvalue weighted by Gasteiger charge is -2.12. The van der Waals surface area contributed by atoms with Crippen LogP contribution in [-0.2, 0) is 23.1 Å². The van der Waals surface area contributed by atoms with Crippen molar-refractivity contribution in [1.29, 1.82) is 0 Å². The van der Waals surface area contributed by atoms with Gasteiger partial charge in [-0.2, -0.15) is 5.10 Å². The van der Waals surface area contributed by atoms with Gasteiger partial charge in [0.15, 0.2) is 0 Å². The first kappa shape index (κ1) is 10.6. The Morgan fingerprint density at radius 2 is 2.12 bits per heavy atom. The van der Waals surface area contributed by atoms with Gasteiger partial charge in [0.2, 0.25) is 0 Å². The van der Waals surface area contributed by atoms with Gasteiger partial charge in [-0.1, -0.05) is 0 Å². The fraction of sp³-hybridized carbons (Fsp3) is 0.364. The first-order valence-electron chi connectivity index (χ1n) is 5.10. The number of amides is 2. The fourth-order valence-corrected chi connectivity index (χ4v) is 1.67. The second-order valence-electron chi connectivity index (χ2n) is 3.85. The van der Waals surface area contributed by atoms with Crippen molar-refractivity contribution in [3.63, 3.8) is 0 Å². The summed E-state index contributed by atoms with van der Waals surface area (Å²) in [6.45, 7) is 2.05. The smallest absolute Gasteiger partial charge is 0.256 e. The van der Waals surface area contributed by atoms with Gasteiger partial charge < -0.3 is 0 Å². The van der Waals surface area contributed by atoms with Crippen LogP contribution in [0.1, 0.15) is 12.6 Å². The molecule has 5 nitrogen and oxygen atoms in total. The minimum Gasteiger partial charge on any atom is -0.276 e. The predicted octanol–water partition coefficient (Wildman–Crippen LogP) is 0.278. The number of aromatic nitrogens is 2. The highest BCUT2D eigenvalue weighted by atomic mass is 16.2. The normalized spacial score (nSPS) is 15.9. The number of nitrogens with zero attached hydrogens (tertiary/aromatic N) is 3. The number of aryl methyl sites for hydroxylation is 1. The second kappa shape index (κ2) is 3.92. The van der Waals surface area contributed by atoms with Crippen LogP contribution in [0.5, 0.6) is 0 Å². The van der Waals surface area contributed by atoms with Crippen LogP contribution in [0.3, 0.4) is 0 Å². The standard InChI is InChI=1S/C11H13N3O2/c1-8-7-10(15)14(11(8)16)6-4-9-3-5-13(2)12-9/h3,5,7H,4,6H2,1-2H3. The van der Waals surface area contributed by atoms with Gasteiger partial charge in [0.1, 0.15) is 0 Å². The van der Waals surface area contributed by atoms with Crippen LogP contribution in [0.4, 0.5) is 0 Å². The molecule has 0 bridgehead atoms. The molecule has 1 aromatic rings. The molecule has 16 heavy (non-hydrogen) atoms. The van der Waals surface area contributed by atoms with E-state index in [0.29, 0.717) is 18.5 Å². The van der Waals surface area contributed by atoms with Crippen LogP contribution in [0.25, 0.3) is 0 Å². The number of carbonyl (C=O) groups is 2. The van der Waals surface area contributed by atoms with Gasteiger partial charge >= 0.3 is 0 Å². The number of hydrogen-bond donors (Lipinski definition) is 0. The molecule has 0 radical (unpaired) electrons. The van der Waals surface area contributed by atoms with Gasteiger partial charge in [0.05, 0.1) is 5.69 Å². The zero-order valence-electron chi connectivity index (χ0n) is 9.30. The second-order valence-corrected chi connectivity index (χ2v) is 3.85. The lowest BCUT2D eigenvalue weighted by molar-refractivity contribution is -0.137. The Balaban J connectivity index is 1.97. The molecule has 0 aliphatic carbocycles. The molecule has 0 saturated heterocycles. The zero-order valence-corrected chi connectivity index (χ0v) is 9.30. The molecule has 2 heterocycles. The molecule has 0 aromatic carbocycles. The molecule has 0 saturated carbocycles. The molecular formula is C11H13N3O2. The molecule has 5 heteroatoms. The number of rotatable bonds is 3. The lowest BCUT2D eigenvalue weighted by atomic mass is 10.3. The van der Waals surface area contributed by atoms with Gasteiger partial charge in [-0.15, -0.1) is 0 Å². The third-order valence-electron chi connectivity index (χ3n) is 2.55. The molecule has 0 unspecified atom stereocenters. The van der Waals surface area contributed by atoms with Gasteiger partial charge in [0, 0.05) is 37.9 Å². The topological polar surface area (TPSA) is 55.2 Å². The van der Waals surface area contributed by atoms with E-state index in [0.717, 1.165) is 5.69 Å². The average Bonchev–Trinajstić information content (AvgIpc) is 2.72. The van der Waals surface area contributed by atoms with Crippen LogP contribution in [0.15, 0.2) is 23.9 Å². The third kappa shape index (κ3) is 1.88. The summed E-state index contributed by atoms with van der Waals surface area (Å²) >= 11 is 0. The predicted molar refractivity (Wildman–Crippen MR) is 57.4 cm³/mol. The van der Waals surface area contributed by atoms with E-state index < -0.39 is 0 Å². The van der Waals surface area contributed by atoms with Crippen LogP contribution in [-0.4, -0.2) is 33.0 Å². The summed E-state index contributed by atoms with van der Waals surface area (Å²) in [6.07, 6.45) is 3.81. The number of hydrogen-bond acceptors (Lipinski definition) is 3. The highest BCUT2D eigenvalue weighted by molar-refractivity contribution is 6.15.